The van der Waals surface area contributed by atoms with Crippen LogP contribution in [0.2, 0.25) is 0 Å². The number of aromatic nitrogens is 2. The second-order valence-electron chi connectivity index (χ2n) is 3.87. The quantitative estimate of drug-likeness (QED) is 0.302. The number of rotatable bonds is 3. The highest BCUT2D eigenvalue weighted by Crippen LogP contribution is 2.20. The molecule has 0 atom stereocenters. The Hall–Kier alpha value is -1.54. The average Bonchev–Trinajstić information content (AvgIpc) is 2.62. The van der Waals surface area contributed by atoms with Crippen LogP contribution in [0.15, 0.2) is 11.2 Å². The van der Waals surface area contributed by atoms with Crippen molar-refractivity contribution < 1.29 is 4.79 Å². The highest BCUT2D eigenvalue weighted by Gasteiger charge is 2.17. The van der Waals surface area contributed by atoms with Crippen molar-refractivity contribution in [2.75, 3.05) is 36.2 Å². The van der Waals surface area contributed by atoms with Crippen molar-refractivity contribution in [2.45, 2.75) is 11.6 Å². The van der Waals surface area contributed by atoms with Crippen molar-refractivity contribution in [3.05, 3.63) is 6.07 Å². The molecule has 0 saturated carbocycles. The van der Waals surface area contributed by atoms with Gasteiger partial charge in [-0.1, -0.05) is 11.8 Å². The Bertz CT molecular complexity index is 418. The van der Waals surface area contributed by atoms with E-state index < -0.39 is 0 Å². The van der Waals surface area contributed by atoms with Gasteiger partial charge in [0.25, 0.3) is 0 Å². The maximum atomic E-state index is 11.5. The maximum absolute atomic E-state index is 11.5. The number of amides is 1. The molecule has 1 aromatic rings. The molecule has 2 rings (SSSR count). The molecule has 0 radical (unpaired) electrons. The monoisotopic (exact) mass is 268 g/mol. The Labute approximate surface area is 110 Å². The summed E-state index contributed by atoms with van der Waals surface area (Å²) < 4.78 is 0. The molecule has 1 aliphatic rings. The number of carbonyl (C=O) groups excluding carboxylic acids is 1. The molecule has 0 aromatic carbocycles. The molecule has 1 aliphatic heterocycles. The minimum Gasteiger partial charge on any atom is -0.354 e. The van der Waals surface area contributed by atoms with Crippen molar-refractivity contribution in [1.82, 2.24) is 15.3 Å². The lowest BCUT2D eigenvalue weighted by molar-refractivity contribution is -0.119. The first-order valence-electron chi connectivity index (χ1n) is 5.64. The Morgan fingerprint density at radius 3 is 3.11 bits per heavy atom. The zero-order valence-corrected chi connectivity index (χ0v) is 11.0. The lowest BCUT2D eigenvalue weighted by Gasteiger charge is -2.20. The van der Waals surface area contributed by atoms with Crippen molar-refractivity contribution in [1.29, 1.82) is 0 Å². The van der Waals surface area contributed by atoms with Crippen LogP contribution < -0.4 is 21.5 Å². The van der Waals surface area contributed by atoms with Crippen LogP contribution in [0, 0.1) is 0 Å². The number of nitrogens with two attached hydrogens (primary N) is 1. The van der Waals surface area contributed by atoms with Crippen LogP contribution >= 0.6 is 11.8 Å². The van der Waals surface area contributed by atoms with Crippen LogP contribution in [0.25, 0.3) is 0 Å². The Morgan fingerprint density at radius 2 is 2.39 bits per heavy atom. The summed E-state index contributed by atoms with van der Waals surface area (Å²) in [6, 6.07) is 1.75. The van der Waals surface area contributed by atoms with Gasteiger partial charge in [0.15, 0.2) is 5.16 Å². The molecule has 1 aromatic heterocycles. The lowest BCUT2D eigenvalue weighted by Crippen LogP contribution is -2.33. The second-order valence-corrected chi connectivity index (χ2v) is 4.64. The molecule has 4 N–H and O–H groups in total. The summed E-state index contributed by atoms with van der Waals surface area (Å²) in [6.45, 7) is 1.81. The van der Waals surface area contributed by atoms with Gasteiger partial charge in [0, 0.05) is 19.2 Å². The number of carbonyl (C=O) groups is 1. The molecule has 0 bridgehead atoms. The van der Waals surface area contributed by atoms with E-state index in [2.05, 4.69) is 20.7 Å². The van der Waals surface area contributed by atoms with Gasteiger partial charge in [-0.3, -0.25) is 4.79 Å². The lowest BCUT2D eigenvalue weighted by atomic mass is 10.4. The fourth-order valence-electron chi connectivity index (χ4n) is 1.74. The van der Waals surface area contributed by atoms with E-state index in [1.54, 1.807) is 6.07 Å². The molecule has 8 heteroatoms. The summed E-state index contributed by atoms with van der Waals surface area (Å²) >= 11 is 1.44. The van der Waals surface area contributed by atoms with Gasteiger partial charge in [-0.05, 0) is 12.7 Å². The summed E-state index contributed by atoms with van der Waals surface area (Å²) in [4.78, 5) is 22.1. The van der Waals surface area contributed by atoms with E-state index >= 15 is 0 Å². The van der Waals surface area contributed by atoms with Crippen molar-refractivity contribution in [3.63, 3.8) is 0 Å². The largest absolute Gasteiger partial charge is 0.354 e. The molecule has 0 unspecified atom stereocenters. The van der Waals surface area contributed by atoms with E-state index in [0.717, 1.165) is 18.8 Å². The predicted molar refractivity (Wildman–Crippen MR) is 71.5 cm³/mol. The first kappa shape index (κ1) is 12.9. The van der Waals surface area contributed by atoms with Gasteiger partial charge in [0.1, 0.15) is 11.6 Å². The SMILES string of the molecule is CSc1nc(NN)cc(N2CCCNC(=O)C2)n1. The maximum Gasteiger partial charge on any atom is 0.239 e. The Kier molecular flexibility index (Phi) is 4.21. The molecule has 18 heavy (non-hydrogen) atoms. The fraction of sp³-hybridized carbons (Fsp3) is 0.500. The molecule has 7 nitrogen and oxygen atoms in total. The van der Waals surface area contributed by atoms with E-state index in [9.17, 15) is 4.79 Å². The molecule has 1 fully saturated rings. The van der Waals surface area contributed by atoms with Crippen molar-refractivity contribution in [2.24, 2.45) is 5.84 Å². The smallest absolute Gasteiger partial charge is 0.239 e. The number of thioether (sulfide) groups is 1. The fourth-order valence-corrected chi connectivity index (χ4v) is 2.12. The number of hydrogen-bond donors (Lipinski definition) is 3. The summed E-state index contributed by atoms with van der Waals surface area (Å²) in [5.74, 6) is 6.67. The minimum atomic E-state index is 0.0130. The van der Waals surface area contributed by atoms with E-state index in [-0.39, 0.29) is 5.91 Å². The van der Waals surface area contributed by atoms with Gasteiger partial charge < -0.3 is 15.6 Å². The van der Waals surface area contributed by atoms with E-state index in [4.69, 9.17) is 5.84 Å². The zero-order valence-electron chi connectivity index (χ0n) is 10.1. The number of nitrogens with zero attached hydrogens (tertiary/aromatic N) is 3. The van der Waals surface area contributed by atoms with Crippen LogP contribution in [0.1, 0.15) is 6.42 Å². The number of nitrogen functional groups attached to an aromatic ring is 1. The zero-order chi connectivity index (χ0) is 13.0. The highest BCUT2D eigenvalue weighted by atomic mass is 32.2. The van der Waals surface area contributed by atoms with Gasteiger partial charge >= 0.3 is 0 Å². The molecule has 1 saturated heterocycles. The number of hydrazine groups is 1. The summed E-state index contributed by atoms with van der Waals surface area (Å²) in [5.41, 5.74) is 2.52. The number of anilines is 2. The molecule has 0 spiro atoms. The summed E-state index contributed by atoms with van der Waals surface area (Å²) in [7, 11) is 0. The van der Waals surface area contributed by atoms with Gasteiger partial charge in [-0.15, -0.1) is 0 Å². The molecule has 98 valence electrons. The molecule has 2 heterocycles. The first-order chi connectivity index (χ1) is 8.72. The van der Waals surface area contributed by atoms with E-state index in [1.807, 2.05) is 11.2 Å². The highest BCUT2D eigenvalue weighted by molar-refractivity contribution is 7.98. The predicted octanol–water partition coefficient (Wildman–Crippen LogP) is -0.190. The normalized spacial score (nSPS) is 16.1. The standard InChI is InChI=1S/C10H16N6OS/c1-18-10-13-7(15-11)5-8(14-10)16-4-2-3-12-9(17)6-16/h5H,2-4,6,11H2,1H3,(H,12,17)(H,13,14,15). The number of hydrogen-bond acceptors (Lipinski definition) is 7. The molecule has 1 amide bonds. The Balaban J connectivity index is 2.27. The molecular formula is C10H16N6OS. The van der Waals surface area contributed by atoms with Crippen LogP contribution in [0.5, 0.6) is 0 Å². The van der Waals surface area contributed by atoms with Crippen LogP contribution in [-0.4, -0.2) is 41.8 Å². The Morgan fingerprint density at radius 1 is 1.56 bits per heavy atom. The third kappa shape index (κ3) is 3.02. The van der Waals surface area contributed by atoms with Crippen molar-refractivity contribution >= 4 is 29.3 Å². The topological polar surface area (TPSA) is 96.2 Å². The third-order valence-corrected chi connectivity index (χ3v) is 3.16. The van der Waals surface area contributed by atoms with Gasteiger partial charge in [0.05, 0.1) is 6.54 Å². The molecule has 0 aliphatic carbocycles. The first-order valence-corrected chi connectivity index (χ1v) is 6.86. The van der Waals surface area contributed by atoms with Crippen molar-refractivity contribution in [3.8, 4) is 0 Å². The van der Waals surface area contributed by atoms with Gasteiger partial charge in [0.2, 0.25) is 5.91 Å². The van der Waals surface area contributed by atoms with Gasteiger partial charge in [-0.25, -0.2) is 15.8 Å². The van der Waals surface area contributed by atoms with Crippen LogP contribution in [0.4, 0.5) is 11.6 Å². The second kappa shape index (κ2) is 5.87. The van der Waals surface area contributed by atoms with Crippen LogP contribution in [0.3, 0.4) is 0 Å². The minimum absolute atomic E-state index is 0.0130. The van der Waals surface area contributed by atoms with Gasteiger partial charge in [-0.2, -0.15) is 0 Å². The van der Waals surface area contributed by atoms with E-state index in [1.165, 1.54) is 11.8 Å². The molecular weight excluding hydrogens is 252 g/mol. The average molecular weight is 268 g/mol. The summed E-state index contributed by atoms with van der Waals surface area (Å²) in [6.07, 6.45) is 2.80. The van der Waals surface area contributed by atoms with Crippen LogP contribution in [-0.2, 0) is 4.79 Å². The summed E-state index contributed by atoms with van der Waals surface area (Å²) in [5, 5.41) is 3.46. The number of nitrogens with one attached hydrogen (secondary N) is 2. The van der Waals surface area contributed by atoms with E-state index in [0.29, 0.717) is 24.1 Å². The third-order valence-electron chi connectivity index (χ3n) is 2.61.